The van der Waals surface area contributed by atoms with Gasteiger partial charge in [0, 0.05) is 11.8 Å². The average molecular weight is 952 g/mol. The lowest BCUT2D eigenvalue weighted by Gasteiger charge is -2.19. The van der Waals surface area contributed by atoms with Gasteiger partial charge in [0.15, 0.2) is 11.5 Å². The third-order valence-corrected chi connectivity index (χ3v) is 12.6. The van der Waals surface area contributed by atoms with E-state index in [1.807, 2.05) is 30.5 Å². The Bertz CT molecular complexity index is 1820. The van der Waals surface area contributed by atoms with E-state index in [4.69, 9.17) is 23.7 Å². The molecule has 0 aromatic heterocycles. The van der Waals surface area contributed by atoms with Gasteiger partial charge >= 0.3 is 11.9 Å². The lowest BCUT2D eigenvalue weighted by atomic mass is 10.1. The predicted molar refractivity (Wildman–Crippen MR) is 288 cm³/mol. The number of esters is 2. The highest BCUT2D eigenvalue weighted by Crippen LogP contribution is 2.40. The Balaban J connectivity index is 1.63. The summed E-state index contributed by atoms with van der Waals surface area (Å²) >= 11 is 0. The standard InChI is InChI=1S/C61H93NO7/c1-6-8-10-12-14-16-20-24-28-32-44-65-57-48-54(61(64)69-56-42-40-55(41-43-56)62-50-53-38-36-52(5)37-39-53)49-58(59(57)67-46-34-30-26-21-17-15-13-11-9-7-2)66-45-33-29-25-22-18-19-23-27-31-35-47-68-60(63)51(3)4/h36-43,48-50H,3,6-35,44-47H2,1-2,4-5H3. The number of unbranched alkanes of at least 4 members (excludes halogenated alkanes) is 27. The van der Waals surface area contributed by atoms with E-state index in [1.165, 1.54) is 134 Å². The van der Waals surface area contributed by atoms with Gasteiger partial charge in [0.05, 0.1) is 37.7 Å². The summed E-state index contributed by atoms with van der Waals surface area (Å²) in [5, 5.41) is 0. The number of nitrogens with zero attached hydrogens (tertiary/aromatic N) is 1. The molecular formula is C61H93NO7. The topological polar surface area (TPSA) is 92.7 Å². The quantitative estimate of drug-likeness (QED) is 0.0183. The van der Waals surface area contributed by atoms with Gasteiger partial charge in [-0.05, 0) is 81.5 Å². The minimum atomic E-state index is -0.480. The number of carbonyl (C=O) groups is 2. The zero-order valence-electron chi connectivity index (χ0n) is 43.9. The number of benzene rings is 3. The molecule has 0 unspecified atom stereocenters. The third-order valence-electron chi connectivity index (χ3n) is 12.6. The zero-order valence-corrected chi connectivity index (χ0v) is 43.9. The Labute approximate surface area is 419 Å². The SMILES string of the molecule is C=C(C)C(=O)OCCCCCCCCCCCCOc1cc(C(=O)Oc2ccc(N=Cc3ccc(C)cc3)cc2)cc(OCCCCCCCCCCCC)c1OCCCCCCCCCCCC. The molecule has 0 bridgehead atoms. The van der Waals surface area contributed by atoms with Gasteiger partial charge < -0.3 is 23.7 Å². The van der Waals surface area contributed by atoms with Crippen molar-refractivity contribution in [3.63, 3.8) is 0 Å². The van der Waals surface area contributed by atoms with Gasteiger partial charge in [-0.1, -0.05) is 217 Å². The van der Waals surface area contributed by atoms with E-state index in [-0.39, 0.29) is 5.97 Å². The van der Waals surface area contributed by atoms with Crippen molar-refractivity contribution in [2.75, 3.05) is 26.4 Å². The summed E-state index contributed by atoms with van der Waals surface area (Å²) in [7, 11) is 0. The Kier molecular flexibility index (Phi) is 33.3. The second kappa shape index (κ2) is 39.2. The first-order chi connectivity index (χ1) is 33.8. The lowest BCUT2D eigenvalue weighted by Crippen LogP contribution is -2.12. The largest absolute Gasteiger partial charge is 0.490 e. The number of aryl methyl sites for hydroxylation is 1. The second-order valence-electron chi connectivity index (χ2n) is 19.2. The number of rotatable bonds is 43. The van der Waals surface area contributed by atoms with Gasteiger partial charge in [-0.15, -0.1) is 0 Å². The van der Waals surface area contributed by atoms with E-state index in [2.05, 4.69) is 44.5 Å². The summed E-state index contributed by atoms with van der Waals surface area (Å²) < 4.78 is 30.7. The molecule has 0 radical (unpaired) electrons. The van der Waals surface area contributed by atoms with Crippen LogP contribution in [0, 0.1) is 6.92 Å². The minimum absolute atomic E-state index is 0.296. The van der Waals surface area contributed by atoms with Crippen molar-refractivity contribution in [3.05, 3.63) is 89.5 Å². The molecule has 3 aromatic carbocycles. The van der Waals surface area contributed by atoms with Crippen LogP contribution in [0.15, 0.2) is 77.8 Å². The van der Waals surface area contributed by atoms with E-state index >= 15 is 0 Å². The fourth-order valence-corrected chi connectivity index (χ4v) is 8.24. The Morgan fingerprint density at radius 1 is 0.507 bits per heavy atom. The average Bonchev–Trinajstić information content (AvgIpc) is 3.35. The highest BCUT2D eigenvalue weighted by molar-refractivity contribution is 5.93. The molecule has 8 heteroatoms. The van der Waals surface area contributed by atoms with Crippen LogP contribution in [-0.2, 0) is 9.53 Å². The molecule has 0 aliphatic carbocycles. The van der Waals surface area contributed by atoms with Crippen LogP contribution in [0.1, 0.15) is 235 Å². The molecule has 3 rings (SSSR count). The number of ether oxygens (including phenoxy) is 5. The van der Waals surface area contributed by atoms with Gasteiger partial charge in [-0.3, -0.25) is 4.99 Å². The maximum absolute atomic E-state index is 13.9. The highest BCUT2D eigenvalue weighted by Gasteiger charge is 2.21. The van der Waals surface area contributed by atoms with Crippen molar-refractivity contribution < 1.29 is 33.3 Å². The lowest BCUT2D eigenvalue weighted by molar-refractivity contribution is -0.139. The predicted octanol–water partition coefficient (Wildman–Crippen LogP) is 18.0. The minimum Gasteiger partial charge on any atom is -0.490 e. The molecule has 0 aliphatic rings. The van der Waals surface area contributed by atoms with E-state index in [0.717, 1.165) is 75.5 Å². The van der Waals surface area contributed by atoms with Crippen LogP contribution in [0.3, 0.4) is 0 Å². The molecule has 0 heterocycles. The molecule has 0 saturated heterocycles. The van der Waals surface area contributed by atoms with Gasteiger partial charge in [0.25, 0.3) is 0 Å². The summed E-state index contributed by atoms with van der Waals surface area (Å²) in [5.41, 5.74) is 3.81. The Morgan fingerprint density at radius 3 is 1.32 bits per heavy atom. The van der Waals surface area contributed by atoms with Crippen LogP contribution in [0.2, 0.25) is 0 Å². The smallest absolute Gasteiger partial charge is 0.343 e. The van der Waals surface area contributed by atoms with Crippen LogP contribution in [0.25, 0.3) is 0 Å². The molecule has 3 aromatic rings. The summed E-state index contributed by atoms with van der Waals surface area (Å²) in [6, 6.07) is 19.0. The monoisotopic (exact) mass is 952 g/mol. The van der Waals surface area contributed by atoms with Crippen LogP contribution in [0.4, 0.5) is 5.69 Å². The maximum Gasteiger partial charge on any atom is 0.343 e. The van der Waals surface area contributed by atoms with Crippen molar-refractivity contribution in [1.29, 1.82) is 0 Å². The molecule has 8 nitrogen and oxygen atoms in total. The molecule has 0 atom stereocenters. The van der Waals surface area contributed by atoms with Crippen molar-refractivity contribution in [3.8, 4) is 23.0 Å². The van der Waals surface area contributed by atoms with Crippen molar-refractivity contribution in [2.45, 2.75) is 220 Å². The molecular weight excluding hydrogens is 859 g/mol. The van der Waals surface area contributed by atoms with Gasteiger partial charge in [0.1, 0.15) is 5.75 Å². The zero-order chi connectivity index (χ0) is 49.4. The first-order valence-electron chi connectivity index (χ1n) is 27.6. The van der Waals surface area contributed by atoms with E-state index in [0.29, 0.717) is 60.6 Å². The summed E-state index contributed by atoms with van der Waals surface area (Å²) in [4.78, 5) is 30.0. The number of hydrogen-bond acceptors (Lipinski definition) is 8. The summed E-state index contributed by atoms with van der Waals surface area (Å²) in [6.45, 7) is 14.0. The maximum atomic E-state index is 13.9. The Morgan fingerprint density at radius 2 is 0.899 bits per heavy atom. The van der Waals surface area contributed by atoms with Crippen LogP contribution in [0.5, 0.6) is 23.0 Å². The van der Waals surface area contributed by atoms with E-state index in [1.54, 1.807) is 31.2 Å². The molecule has 0 spiro atoms. The van der Waals surface area contributed by atoms with Gasteiger partial charge in [-0.25, -0.2) is 9.59 Å². The van der Waals surface area contributed by atoms with Crippen LogP contribution < -0.4 is 18.9 Å². The number of carbonyl (C=O) groups excluding carboxylic acids is 2. The van der Waals surface area contributed by atoms with Crippen molar-refractivity contribution in [2.24, 2.45) is 4.99 Å². The van der Waals surface area contributed by atoms with Crippen LogP contribution in [-0.4, -0.2) is 44.6 Å². The van der Waals surface area contributed by atoms with Crippen molar-refractivity contribution >= 4 is 23.8 Å². The number of aliphatic imine (C=N–C) groups is 1. The summed E-state index contributed by atoms with van der Waals surface area (Å²) in [5.74, 6) is 1.31. The fraction of sp³-hybridized carbons (Fsp3) is 0.623. The highest BCUT2D eigenvalue weighted by atomic mass is 16.5. The van der Waals surface area contributed by atoms with Gasteiger partial charge in [0.2, 0.25) is 5.75 Å². The molecule has 0 amide bonds. The second-order valence-corrected chi connectivity index (χ2v) is 19.2. The fourth-order valence-electron chi connectivity index (χ4n) is 8.24. The molecule has 0 N–H and O–H groups in total. The first-order valence-corrected chi connectivity index (χ1v) is 27.6. The molecule has 384 valence electrons. The van der Waals surface area contributed by atoms with Crippen LogP contribution >= 0.6 is 0 Å². The molecule has 0 fully saturated rings. The normalized spacial score (nSPS) is 11.2. The number of hydrogen-bond donors (Lipinski definition) is 0. The first kappa shape index (κ1) is 58.7. The van der Waals surface area contributed by atoms with E-state index < -0.39 is 5.97 Å². The van der Waals surface area contributed by atoms with E-state index in [9.17, 15) is 9.59 Å². The summed E-state index contributed by atoms with van der Waals surface area (Å²) in [6.07, 6.45) is 37.9. The Hall–Kier alpha value is -4.59. The molecule has 0 saturated carbocycles. The molecule has 0 aliphatic heterocycles. The van der Waals surface area contributed by atoms with Gasteiger partial charge in [-0.2, -0.15) is 0 Å². The molecule has 69 heavy (non-hydrogen) atoms. The third kappa shape index (κ3) is 28.6. The van der Waals surface area contributed by atoms with Crippen molar-refractivity contribution in [1.82, 2.24) is 0 Å².